The summed E-state index contributed by atoms with van der Waals surface area (Å²) in [7, 11) is 1.61. The van der Waals surface area contributed by atoms with E-state index in [1.807, 2.05) is 54.6 Å². The van der Waals surface area contributed by atoms with Crippen LogP contribution in [0.2, 0.25) is 10.0 Å². The molecule has 3 aromatic carbocycles. The number of halogens is 2. The fourth-order valence-corrected chi connectivity index (χ4v) is 5.49. The van der Waals surface area contributed by atoms with Crippen LogP contribution in [-0.2, 0) is 29.0 Å². The molecular formula is C31H34Cl2N2O3. The number of carbonyl (C=O) groups is 2. The summed E-state index contributed by atoms with van der Waals surface area (Å²) < 4.78 is 5.26. The SMILES string of the molecule is COc1ccc(CC(=O)N(Cc2c(Cl)cccc2Cl)C(Cc2ccccc2)C(=O)NC2CCCCC2)cc1. The normalized spacial score (nSPS) is 14.5. The van der Waals surface area contributed by atoms with Crippen LogP contribution in [-0.4, -0.2) is 35.9 Å². The minimum atomic E-state index is -0.725. The third-order valence-electron chi connectivity index (χ3n) is 7.13. The Hall–Kier alpha value is -3.02. The van der Waals surface area contributed by atoms with E-state index in [4.69, 9.17) is 27.9 Å². The molecule has 0 spiro atoms. The second-order valence-corrected chi connectivity index (χ2v) is 10.6. The molecular weight excluding hydrogens is 519 g/mol. The first-order valence-corrected chi connectivity index (χ1v) is 13.9. The molecule has 1 unspecified atom stereocenters. The van der Waals surface area contributed by atoms with E-state index in [1.165, 1.54) is 6.42 Å². The summed E-state index contributed by atoms with van der Waals surface area (Å²) in [5, 5.41) is 4.18. The topological polar surface area (TPSA) is 58.6 Å². The van der Waals surface area contributed by atoms with Gasteiger partial charge >= 0.3 is 0 Å². The lowest BCUT2D eigenvalue weighted by atomic mass is 9.94. The molecule has 1 N–H and O–H groups in total. The number of methoxy groups -OCH3 is 1. The zero-order chi connectivity index (χ0) is 26.9. The maximum absolute atomic E-state index is 14.0. The average Bonchev–Trinajstić information content (AvgIpc) is 2.93. The number of ether oxygens (including phenoxy) is 1. The van der Waals surface area contributed by atoms with Gasteiger partial charge in [-0.3, -0.25) is 9.59 Å². The van der Waals surface area contributed by atoms with Gasteiger partial charge in [0.25, 0.3) is 0 Å². The number of rotatable bonds is 10. The lowest BCUT2D eigenvalue weighted by Gasteiger charge is -2.34. The van der Waals surface area contributed by atoms with Crippen molar-refractivity contribution >= 4 is 35.0 Å². The van der Waals surface area contributed by atoms with Crippen molar-refractivity contribution in [1.29, 1.82) is 0 Å². The van der Waals surface area contributed by atoms with E-state index in [0.29, 0.717) is 22.0 Å². The summed E-state index contributed by atoms with van der Waals surface area (Å²) in [4.78, 5) is 29.5. The Labute approximate surface area is 235 Å². The number of benzene rings is 3. The zero-order valence-electron chi connectivity index (χ0n) is 21.7. The predicted molar refractivity (Wildman–Crippen MR) is 153 cm³/mol. The predicted octanol–water partition coefficient (Wildman–Crippen LogP) is 6.63. The molecule has 0 saturated heterocycles. The molecule has 1 aliphatic carbocycles. The summed E-state index contributed by atoms with van der Waals surface area (Å²) in [5.41, 5.74) is 2.43. The molecule has 2 amide bonds. The van der Waals surface area contributed by atoms with Gasteiger partial charge < -0.3 is 15.0 Å². The number of nitrogens with one attached hydrogen (secondary N) is 1. The molecule has 38 heavy (non-hydrogen) atoms. The van der Waals surface area contributed by atoms with Crippen LogP contribution in [0.1, 0.15) is 48.8 Å². The lowest BCUT2D eigenvalue weighted by molar-refractivity contribution is -0.141. The summed E-state index contributed by atoms with van der Waals surface area (Å²) in [6.45, 7) is 0.128. The zero-order valence-corrected chi connectivity index (χ0v) is 23.2. The van der Waals surface area contributed by atoms with Crippen LogP contribution in [0, 0.1) is 0 Å². The Morgan fingerprint density at radius 2 is 1.55 bits per heavy atom. The first kappa shape index (κ1) is 28.0. The molecule has 4 rings (SSSR count). The summed E-state index contributed by atoms with van der Waals surface area (Å²) in [5.74, 6) is 0.396. The van der Waals surface area contributed by atoms with E-state index in [0.717, 1.165) is 42.6 Å². The molecule has 5 nitrogen and oxygen atoms in total. The van der Waals surface area contributed by atoms with Gasteiger partial charge in [-0.15, -0.1) is 0 Å². The Balaban J connectivity index is 1.68. The van der Waals surface area contributed by atoms with Crippen molar-refractivity contribution in [2.24, 2.45) is 0 Å². The third kappa shape index (κ3) is 7.52. The van der Waals surface area contributed by atoms with Crippen LogP contribution >= 0.6 is 23.2 Å². The highest BCUT2D eigenvalue weighted by Gasteiger charge is 2.32. The van der Waals surface area contributed by atoms with E-state index >= 15 is 0 Å². The van der Waals surface area contributed by atoms with Crippen molar-refractivity contribution in [1.82, 2.24) is 10.2 Å². The van der Waals surface area contributed by atoms with Gasteiger partial charge in [0.1, 0.15) is 11.8 Å². The van der Waals surface area contributed by atoms with Gasteiger partial charge in [0.2, 0.25) is 11.8 Å². The number of hydrogen-bond donors (Lipinski definition) is 1. The molecule has 7 heteroatoms. The van der Waals surface area contributed by atoms with Crippen LogP contribution < -0.4 is 10.1 Å². The van der Waals surface area contributed by atoms with Crippen LogP contribution in [0.25, 0.3) is 0 Å². The number of carbonyl (C=O) groups excluding carboxylic acids is 2. The van der Waals surface area contributed by atoms with Gasteiger partial charge in [0, 0.05) is 34.6 Å². The molecule has 1 atom stereocenters. The summed E-state index contributed by atoms with van der Waals surface area (Å²) in [6.07, 6.45) is 5.83. The number of nitrogens with zero attached hydrogens (tertiary/aromatic N) is 1. The Morgan fingerprint density at radius 3 is 2.18 bits per heavy atom. The number of amides is 2. The van der Waals surface area contributed by atoms with E-state index in [-0.39, 0.29) is 30.8 Å². The van der Waals surface area contributed by atoms with Crippen molar-refractivity contribution in [3.8, 4) is 5.75 Å². The molecule has 0 heterocycles. The molecule has 0 aromatic heterocycles. The van der Waals surface area contributed by atoms with Crippen LogP contribution in [0.15, 0.2) is 72.8 Å². The second-order valence-electron chi connectivity index (χ2n) is 9.80. The van der Waals surface area contributed by atoms with Gasteiger partial charge in [-0.05, 0) is 48.2 Å². The molecule has 0 radical (unpaired) electrons. The molecule has 3 aromatic rings. The maximum Gasteiger partial charge on any atom is 0.243 e. The minimum Gasteiger partial charge on any atom is -0.497 e. The molecule has 1 fully saturated rings. The van der Waals surface area contributed by atoms with Gasteiger partial charge in [0.05, 0.1) is 13.5 Å². The van der Waals surface area contributed by atoms with Crippen molar-refractivity contribution in [3.05, 3.63) is 99.5 Å². The van der Waals surface area contributed by atoms with Gasteiger partial charge in [0.15, 0.2) is 0 Å². The standard InChI is InChI=1S/C31H34Cl2N2O3/c1-38-25-17-15-23(16-18-25)20-30(36)35(21-26-27(32)13-8-14-28(26)33)29(19-22-9-4-2-5-10-22)31(37)34-24-11-6-3-7-12-24/h2,4-5,8-10,13-18,24,29H,3,6-7,11-12,19-21H2,1H3,(H,34,37). The van der Waals surface area contributed by atoms with Gasteiger partial charge in [-0.25, -0.2) is 0 Å². The van der Waals surface area contributed by atoms with Crippen LogP contribution in [0.5, 0.6) is 5.75 Å². The van der Waals surface area contributed by atoms with Crippen molar-refractivity contribution < 1.29 is 14.3 Å². The Kier molecular flexibility index (Phi) is 10.1. The van der Waals surface area contributed by atoms with Crippen LogP contribution in [0.3, 0.4) is 0 Å². The first-order chi connectivity index (χ1) is 18.4. The fraction of sp³-hybridized carbons (Fsp3) is 0.355. The highest BCUT2D eigenvalue weighted by molar-refractivity contribution is 6.36. The summed E-state index contributed by atoms with van der Waals surface area (Å²) >= 11 is 13.1. The quantitative estimate of drug-likeness (QED) is 0.307. The molecule has 1 aliphatic rings. The number of hydrogen-bond acceptors (Lipinski definition) is 3. The van der Waals surface area contributed by atoms with Gasteiger partial charge in [-0.1, -0.05) is 91.0 Å². The minimum absolute atomic E-state index is 0.122. The average molecular weight is 554 g/mol. The van der Waals surface area contributed by atoms with E-state index in [2.05, 4.69) is 5.32 Å². The fourth-order valence-electron chi connectivity index (χ4n) is 4.97. The van der Waals surface area contributed by atoms with E-state index in [9.17, 15) is 9.59 Å². The van der Waals surface area contributed by atoms with E-state index in [1.54, 1.807) is 30.2 Å². The first-order valence-electron chi connectivity index (χ1n) is 13.1. The highest BCUT2D eigenvalue weighted by atomic mass is 35.5. The third-order valence-corrected chi connectivity index (χ3v) is 7.84. The van der Waals surface area contributed by atoms with Gasteiger partial charge in [-0.2, -0.15) is 0 Å². The van der Waals surface area contributed by atoms with Crippen molar-refractivity contribution in [2.45, 2.75) is 63.6 Å². The maximum atomic E-state index is 14.0. The molecule has 0 bridgehead atoms. The van der Waals surface area contributed by atoms with E-state index < -0.39 is 6.04 Å². The Morgan fingerprint density at radius 1 is 0.895 bits per heavy atom. The molecule has 1 saturated carbocycles. The molecule has 200 valence electrons. The second kappa shape index (κ2) is 13.7. The van der Waals surface area contributed by atoms with Crippen molar-refractivity contribution in [3.63, 3.8) is 0 Å². The lowest BCUT2D eigenvalue weighted by Crippen LogP contribution is -2.53. The Bertz CT molecular complexity index is 1190. The van der Waals surface area contributed by atoms with Crippen molar-refractivity contribution in [2.75, 3.05) is 7.11 Å². The van der Waals surface area contributed by atoms with Crippen LogP contribution in [0.4, 0.5) is 0 Å². The largest absolute Gasteiger partial charge is 0.497 e. The summed E-state index contributed by atoms with van der Waals surface area (Å²) in [6, 6.07) is 21.9. The highest BCUT2D eigenvalue weighted by Crippen LogP contribution is 2.28. The monoisotopic (exact) mass is 552 g/mol. The molecule has 0 aliphatic heterocycles. The smallest absolute Gasteiger partial charge is 0.243 e.